The molecule has 0 spiro atoms. The first-order valence-electron chi connectivity index (χ1n) is 6.00. The van der Waals surface area contributed by atoms with Gasteiger partial charge in [0.05, 0.1) is 0 Å². The average Bonchev–Trinajstić information content (AvgIpc) is 2.32. The van der Waals surface area contributed by atoms with Crippen LogP contribution in [0.5, 0.6) is 0 Å². The molecule has 98 valence electrons. The highest BCUT2D eigenvalue weighted by Gasteiger charge is 2.08. The Balaban J connectivity index is 2.63. The van der Waals surface area contributed by atoms with Gasteiger partial charge in [-0.25, -0.2) is 4.79 Å². The molecule has 0 heterocycles. The van der Waals surface area contributed by atoms with Gasteiger partial charge in [-0.05, 0) is 38.1 Å². The largest absolute Gasteiger partial charge is 0.326 e. The Morgan fingerprint density at radius 1 is 1.00 bits per heavy atom. The molecule has 18 heavy (non-hydrogen) atoms. The van der Waals surface area contributed by atoms with E-state index < -0.39 is 0 Å². The summed E-state index contributed by atoms with van der Waals surface area (Å²) in [6.07, 6.45) is 0. The highest BCUT2D eigenvalue weighted by molar-refractivity contribution is 5.91. The zero-order valence-electron chi connectivity index (χ0n) is 11.0. The van der Waals surface area contributed by atoms with E-state index in [9.17, 15) is 9.59 Å². The van der Waals surface area contributed by atoms with E-state index in [0.717, 1.165) is 0 Å². The molecular formula is C13H19N3O2. The number of nitrogens with zero attached hydrogens (tertiary/aromatic N) is 1. The van der Waals surface area contributed by atoms with Gasteiger partial charge in [0.1, 0.15) is 0 Å². The lowest BCUT2D eigenvalue weighted by Gasteiger charge is -2.19. The van der Waals surface area contributed by atoms with E-state index in [-0.39, 0.29) is 11.9 Å². The van der Waals surface area contributed by atoms with Gasteiger partial charge < -0.3 is 15.5 Å². The number of hydrogen-bond acceptors (Lipinski definition) is 2. The van der Waals surface area contributed by atoms with Crippen LogP contribution in [-0.4, -0.2) is 29.9 Å². The monoisotopic (exact) mass is 249 g/mol. The maximum absolute atomic E-state index is 11.8. The highest BCUT2D eigenvalue weighted by Crippen LogP contribution is 2.13. The Bertz CT molecular complexity index is 411. The normalized spacial score (nSPS) is 9.72. The summed E-state index contributed by atoms with van der Waals surface area (Å²) in [4.78, 5) is 24.3. The van der Waals surface area contributed by atoms with E-state index >= 15 is 0 Å². The lowest BCUT2D eigenvalue weighted by molar-refractivity contribution is -0.114. The van der Waals surface area contributed by atoms with Gasteiger partial charge in [-0.3, -0.25) is 4.79 Å². The second kappa shape index (κ2) is 6.64. The number of nitrogens with one attached hydrogen (secondary N) is 2. The second-order valence-electron chi connectivity index (χ2n) is 3.86. The van der Waals surface area contributed by atoms with E-state index in [4.69, 9.17) is 0 Å². The second-order valence-corrected chi connectivity index (χ2v) is 3.86. The molecule has 0 radical (unpaired) electrons. The molecule has 1 aromatic carbocycles. The molecule has 5 heteroatoms. The van der Waals surface area contributed by atoms with E-state index in [1.165, 1.54) is 6.92 Å². The quantitative estimate of drug-likeness (QED) is 0.861. The van der Waals surface area contributed by atoms with E-state index in [0.29, 0.717) is 24.5 Å². The van der Waals surface area contributed by atoms with Crippen molar-refractivity contribution in [2.75, 3.05) is 23.7 Å². The van der Waals surface area contributed by atoms with Crippen LogP contribution in [0.4, 0.5) is 16.2 Å². The summed E-state index contributed by atoms with van der Waals surface area (Å²) in [5, 5.41) is 5.47. The Kier molecular flexibility index (Phi) is 5.17. The van der Waals surface area contributed by atoms with Crippen molar-refractivity contribution in [3.05, 3.63) is 24.3 Å². The van der Waals surface area contributed by atoms with Gasteiger partial charge >= 0.3 is 6.03 Å². The predicted molar refractivity (Wildman–Crippen MR) is 72.7 cm³/mol. The van der Waals surface area contributed by atoms with Crippen molar-refractivity contribution < 1.29 is 9.59 Å². The number of rotatable bonds is 4. The number of hydrogen-bond donors (Lipinski definition) is 2. The van der Waals surface area contributed by atoms with Gasteiger partial charge in [0.25, 0.3) is 0 Å². The summed E-state index contributed by atoms with van der Waals surface area (Å²) in [7, 11) is 0. The number of carbonyl (C=O) groups is 2. The molecule has 0 fully saturated rings. The van der Waals surface area contributed by atoms with Crippen LogP contribution >= 0.6 is 0 Å². The molecule has 0 unspecified atom stereocenters. The first kappa shape index (κ1) is 14.0. The number of benzene rings is 1. The SMILES string of the molecule is CCN(CC)C(=O)Nc1ccc(NC(C)=O)cc1. The maximum atomic E-state index is 11.8. The van der Waals surface area contributed by atoms with Gasteiger partial charge in [-0.2, -0.15) is 0 Å². The summed E-state index contributed by atoms with van der Waals surface area (Å²) >= 11 is 0. The van der Waals surface area contributed by atoms with Gasteiger partial charge in [0.2, 0.25) is 5.91 Å². The molecule has 3 amide bonds. The van der Waals surface area contributed by atoms with Crippen LogP contribution in [0.1, 0.15) is 20.8 Å². The summed E-state index contributed by atoms with van der Waals surface area (Å²) in [5.41, 5.74) is 1.42. The molecule has 0 bridgehead atoms. The van der Waals surface area contributed by atoms with Crippen LogP contribution in [0, 0.1) is 0 Å². The van der Waals surface area contributed by atoms with Crippen molar-refractivity contribution in [1.29, 1.82) is 0 Å². The third-order valence-corrected chi connectivity index (χ3v) is 2.51. The fourth-order valence-corrected chi connectivity index (χ4v) is 1.55. The van der Waals surface area contributed by atoms with E-state index in [1.54, 1.807) is 29.2 Å². The van der Waals surface area contributed by atoms with E-state index in [2.05, 4.69) is 10.6 Å². The Morgan fingerprint density at radius 3 is 1.83 bits per heavy atom. The van der Waals surface area contributed by atoms with Gasteiger partial charge in [-0.1, -0.05) is 0 Å². The van der Waals surface area contributed by atoms with Crippen LogP contribution in [0.25, 0.3) is 0 Å². The van der Waals surface area contributed by atoms with Crippen LogP contribution in [0.15, 0.2) is 24.3 Å². The molecule has 0 aliphatic heterocycles. The summed E-state index contributed by atoms with van der Waals surface area (Å²) < 4.78 is 0. The first-order valence-corrected chi connectivity index (χ1v) is 6.00. The topological polar surface area (TPSA) is 61.4 Å². The molecular weight excluding hydrogens is 230 g/mol. The summed E-state index contributed by atoms with van der Waals surface area (Å²) in [6.45, 7) is 6.67. The molecule has 0 aliphatic carbocycles. The fraction of sp³-hybridized carbons (Fsp3) is 0.385. The Labute approximate surface area is 107 Å². The van der Waals surface area contributed by atoms with Gasteiger partial charge in [0, 0.05) is 31.4 Å². The van der Waals surface area contributed by atoms with Crippen molar-refractivity contribution in [3.63, 3.8) is 0 Å². The van der Waals surface area contributed by atoms with Gasteiger partial charge in [-0.15, -0.1) is 0 Å². The molecule has 1 aromatic rings. The number of urea groups is 1. The molecule has 0 saturated carbocycles. The molecule has 0 aromatic heterocycles. The predicted octanol–water partition coefficient (Wildman–Crippen LogP) is 2.52. The van der Waals surface area contributed by atoms with Crippen molar-refractivity contribution in [1.82, 2.24) is 4.90 Å². The number of carbonyl (C=O) groups excluding carboxylic acids is 2. The Morgan fingerprint density at radius 2 is 1.44 bits per heavy atom. The van der Waals surface area contributed by atoms with Gasteiger partial charge in [0.15, 0.2) is 0 Å². The average molecular weight is 249 g/mol. The highest BCUT2D eigenvalue weighted by atomic mass is 16.2. The Hall–Kier alpha value is -2.04. The van der Waals surface area contributed by atoms with Crippen LogP contribution in [0.2, 0.25) is 0 Å². The van der Waals surface area contributed by atoms with Crippen molar-refractivity contribution in [2.45, 2.75) is 20.8 Å². The van der Waals surface area contributed by atoms with Crippen molar-refractivity contribution in [3.8, 4) is 0 Å². The van der Waals surface area contributed by atoms with E-state index in [1.807, 2.05) is 13.8 Å². The molecule has 1 rings (SSSR count). The molecule has 2 N–H and O–H groups in total. The van der Waals surface area contributed by atoms with Crippen molar-refractivity contribution in [2.24, 2.45) is 0 Å². The minimum absolute atomic E-state index is 0.116. The third-order valence-electron chi connectivity index (χ3n) is 2.51. The zero-order chi connectivity index (χ0) is 13.5. The molecule has 0 saturated heterocycles. The van der Waals surface area contributed by atoms with Crippen molar-refractivity contribution >= 4 is 23.3 Å². The molecule has 5 nitrogen and oxygen atoms in total. The number of amides is 3. The minimum atomic E-state index is -0.118. The lowest BCUT2D eigenvalue weighted by atomic mass is 10.3. The van der Waals surface area contributed by atoms with Crippen LogP contribution in [-0.2, 0) is 4.79 Å². The fourth-order valence-electron chi connectivity index (χ4n) is 1.55. The minimum Gasteiger partial charge on any atom is -0.326 e. The number of anilines is 2. The maximum Gasteiger partial charge on any atom is 0.321 e. The zero-order valence-corrected chi connectivity index (χ0v) is 11.0. The smallest absolute Gasteiger partial charge is 0.321 e. The standard InChI is InChI=1S/C13H19N3O2/c1-4-16(5-2)13(18)15-12-8-6-11(7-9-12)14-10(3)17/h6-9H,4-5H2,1-3H3,(H,14,17)(H,15,18). The van der Waals surface area contributed by atoms with Crippen LogP contribution in [0.3, 0.4) is 0 Å². The summed E-state index contributed by atoms with van der Waals surface area (Å²) in [6, 6.07) is 6.89. The van der Waals surface area contributed by atoms with Crippen LogP contribution < -0.4 is 10.6 Å². The lowest BCUT2D eigenvalue weighted by Crippen LogP contribution is -2.34. The first-order chi connectivity index (χ1) is 8.56. The third kappa shape index (κ3) is 4.08. The summed E-state index contributed by atoms with van der Waals surface area (Å²) in [5.74, 6) is -0.116. The molecule has 0 aliphatic rings. The molecule has 0 atom stereocenters.